The standard InChI is InChI=1S/C23H32N6O4/c1-5-12-29-19-17(8-7-11-24-19)26-20(21(29)30)28-13-9-16(10-14-28)25-23(32)27-18(15(3)4)22(31)33-6-2/h5,7-8,11,15-16,18H,1,6,9-10,12-14H2,2-4H3,(H2,25,27,32)/t18-/m1/s1. The second-order valence-corrected chi connectivity index (χ2v) is 8.34. The van der Waals surface area contributed by atoms with Gasteiger partial charge in [0, 0.05) is 31.9 Å². The number of nitrogens with zero attached hydrogens (tertiary/aromatic N) is 4. The van der Waals surface area contributed by atoms with E-state index >= 15 is 0 Å². The van der Waals surface area contributed by atoms with E-state index in [1.165, 1.54) is 0 Å². The van der Waals surface area contributed by atoms with Crippen LogP contribution in [0.25, 0.3) is 11.2 Å². The van der Waals surface area contributed by atoms with Crippen LogP contribution in [0.2, 0.25) is 0 Å². The second kappa shape index (κ2) is 10.9. The van der Waals surface area contributed by atoms with E-state index in [-0.39, 0.29) is 24.1 Å². The van der Waals surface area contributed by atoms with Crippen molar-refractivity contribution in [2.75, 3.05) is 24.6 Å². The van der Waals surface area contributed by atoms with Crippen LogP contribution in [0.4, 0.5) is 10.6 Å². The van der Waals surface area contributed by atoms with Crippen LogP contribution in [0.1, 0.15) is 33.6 Å². The molecule has 2 aromatic heterocycles. The number of pyridine rings is 1. The molecular formula is C23H32N6O4. The van der Waals surface area contributed by atoms with Gasteiger partial charge in [-0.05, 0) is 37.8 Å². The van der Waals surface area contributed by atoms with Crippen LogP contribution in [-0.2, 0) is 16.1 Å². The Hall–Kier alpha value is -3.43. The first-order valence-corrected chi connectivity index (χ1v) is 11.3. The molecule has 0 unspecified atom stereocenters. The van der Waals surface area contributed by atoms with Crippen LogP contribution >= 0.6 is 0 Å². The zero-order valence-electron chi connectivity index (χ0n) is 19.4. The highest BCUT2D eigenvalue weighted by Crippen LogP contribution is 2.18. The maximum atomic E-state index is 13.1. The summed E-state index contributed by atoms with van der Waals surface area (Å²) in [5.74, 6) is -0.157. The topological polar surface area (TPSA) is 118 Å². The van der Waals surface area contributed by atoms with Crippen molar-refractivity contribution < 1.29 is 14.3 Å². The zero-order chi connectivity index (χ0) is 24.0. The predicted octanol–water partition coefficient (Wildman–Crippen LogP) is 1.83. The third-order valence-electron chi connectivity index (χ3n) is 5.62. The molecule has 0 radical (unpaired) electrons. The smallest absolute Gasteiger partial charge is 0.328 e. The van der Waals surface area contributed by atoms with Crippen LogP contribution < -0.4 is 21.1 Å². The van der Waals surface area contributed by atoms with Gasteiger partial charge in [0.05, 0.1) is 6.61 Å². The fraction of sp³-hybridized carbons (Fsp3) is 0.522. The van der Waals surface area contributed by atoms with Crippen molar-refractivity contribution in [2.24, 2.45) is 5.92 Å². The molecular weight excluding hydrogens is 424 g/mol. The molecule has 2 N–H and O–H groups in total. The van der Waals surface area contributed by atoms with Crippen molar-refractivity contribution in [1.82, 2.24) is 25.2 Å². The van der Waals surface area contributed by atoms with Gasteiger partial charge in [-0.15, -0.1) is 6.58 Å². The molecule has 0 aromatic carbocycles. The van der Waals surface area contributed by atoms with Gasteiger partial charge in [0.2, 0.25) is 0 Å². The lowest BCUT2D eigenvalue weighted by atomic mass is 10.0. The van der Waals surface area contributed by atoms with Gasteiger partial charge in [-0.1, -0.05) is 19.9 Å². The Morgan fingerprint density at radius 2 is 2.06 bits per heavy atom. The lowest BCUT2D eigenvalue weighted by Gasteiger charge is -2.33. The highest BCUT2D eigenvalue weighted by atomic mass is 16.5. The maximum Gasteiger partial charge on any atom is 0.328 e. The summed E-state index contributed by atoms with van der Waals surface area (Å²) in [7, 11) is 0. The predicted molar refractivity (Wildman–Crippen MR) is 126 cm³/mol. The molecule has 33 heavy (non-hydrogen) atoms. The van der Waals surface area contributed by atoms with Gasteiger partial charge in [0.25, 0.3) is 5.56 Å². The molecule has 1 fully saturated rings. The quantitative estimate of drug-likeness (QED) is 0.459. The number of anilines is 1. The van der Waals surface area contributed by atoms with E-state index in [1.807, 2.05) is 24.8 Å². The van der Waals surface area contributed by atoms with Crippen LogP contribution in [0, 0.1) is 5.92 Å². The molecule has 10 heteroatoms. The summed E-state index contributed by atoms with van der Waals surface area (Å²) in [6.07, 6.45) is 4.59. The molecule has 178 valence electrons. The fourth-order valence-corrected chi connectivity index (χ4v) is 3.90. The third kappa shape index (κ3) is 5.68. The average Bonchev–Trinajstić information content (AvgIpc) is 2.79. The monoisotopic (exact) mass is 456 g/mol. The number of amides is 2. The van der Waals surface area contributed by atoms with E-state index in [9.17, 15) is 14.4 Å². The molecule has 3 rings (SSSR count). The van der Waals surface area contributed by atoms with Crippen molar-refractivity contribution in [3.63, 3.8) is 0 Å². The van der Waals surface area contributed by atoms with E-state index in [4.69, 9.17) is 4.74 Å². The van der Waals surface area contributed by atoms with Gasteiger partial charge in [-0.2, -0.15) is 0 Å². The summed E-state index contributed by atoms with van der Waals surface area (Å²) in [5, 5.41) is 5.66. The number of fused-ring (bicyclic) bond motifs is 1. The summed E-state index contributed by atoms with van der Waals surface area (Å²) in [4.78, 5) is 48.5. The first-order chi connectivity index (χ1) is 15.8. The summed E-state index contributed by atoms with van der Waals surface area (Å²) in [6.45, 7) is 10.9. The Bertz CT molecular complexity index is 1060. The molecule has 3 heterocycles. The summed E-state index contributed by atoms with van der Waals surface area (Å²) in [5.41, 5.74) is 0.965. The fourth-order valence-electron chi connectivity index (χ4n) is 3.90. The van der Waals surface area contributed by atoms with Gasteiger partial charge < -0.3 is 20.3 Å². The van der Waals surface area contributed by atoms with Crippen molar-refractivity contribution >= 4 is 29.0 Å². The number of hydrogen-bond acceptors (Lipinski definition) is 7. The minimum atomic E-state index is -0.705. The number of aromatic nitrogens is 3. The van der Waals surface area contributed by atoms with Crippen LogP contribution in [-0.4, -0.2) is 58.3 Å². The molecule has 1 aliphatic rings. The number of carbonyl (C=O) groups is 2. The molecule has 1 saturated heterocycles. The molecule has 2 aromatic rings. The number of ether oxygens (including phenoxy) is 1. The van der Waals surface area contributed by atoms with E-state index in [1.54, 1.807) is 29.8 Å². The first kappa shape index (κ1) is 24.2. The van der Waals surface area contributed by atoms with Crippen LogP contribution in [0.3, 0.4) is 0 Å². The largest absolute Gasteiger partial charge is 0.464 e. The Labute approximate surface area is 193 Å². The maximum absolute atomic E-state index is 13.1. The minimum Gasteiger partial charge on any atom is -0.464 e. The average molecular weight is 457 g/mol. The number of hydrogen-bond donors (Lipinski definition) is 2. The molecule has 1 atom stereocenters. The van der Waals surface area contributed by atoms with Crippen LogP contribution in [0.15, 0.2) is 35.8 Å². The van der Waals surface area contributed by atoms with E-state index in [2.05, 4.69) is 27.2 Å². The van der Waals surface area contributed by atoms with Crippen molar-refractivity contribution in [3.8, 4) is 0 Å². The second-order valence-electron chi connectivity index (χ2n) is 8.34. The number of allylic oxidation sites excluding steroid dienone is 1. The van der Waals surface area contributed by atoms with Gasteiger partial charge in [0.15, 0.2) is 11.5 Å². The number of urea groups is 1. The van der Waals surface area contributed by atoms with Crippen LogP contribution in [0.5, 0.6) is 0 Å². The van der Waals surface area contributed by atoms with E-state index in [0.29, 0.717) is 49.5 Å². The minimum absolute atomic E-state index is 0.0752. The molecule has 0 bridgehead atoms. The number of piperidine rings is 1. The summed E-state index contributed by atoms with van der Waals surface area (Å²) in [6, 6.07) is 2.44. The van der Waals surface area contributed by atoms with Gasteiger partial charge in [-0.3, -0.25) is 9.36 Å². The highest BCUT2D eigenvalue weighted by molar-refractivity contribution is 5.84. The molecule has 10 nitrogen and oxygen atoms in total. The van der Waals surface area contributed by atoms with Gasteiger partial charge >= 0.3 is 12.0 Å². The molecule has 0 aliphatic carbocycles. The number of nitrogens with one attached hydrogen (secondary N) is 2. The lowest BCUT2D eigenvalue weighted by molar-refractivity contribution is -0.146. The summed E-state index contributed by atoms with van der Waals surface area (Å²) >= 11 is 0. The summed E-state index contributed by atoms with van der Waals surface area (Å²) < 4.78 is 6.62. The van der Waals surface area contributed by atoms with Gasteiger partial charge in [-0.25, -0.2) is 19.6 Å². The van der Waals surface area contributed by atoms with E-state index < -0.39 is 18.0 Å². The Balaban J connectivity index is 1.65. The third-order valence-corrected chi connectivity index (χ3v) is 5.62. The zero-order valence-corrected chi connectivity index (χ0v) is 19.4. The lowest BCUT2D eigenvalue weighted by Crippen LogP contribution is -2.53. The molecule has 2 amide bonds. The highest BCUT2D eigenvalue weighted by Gasteiger charge is 2.28. The number of esters is 1. The molecule has 1 aliphatic heterocycles. The Morgan fingerprint density at radius 3 is 2.70 bits per heavy atom. The Morgan fingerprint density at radius 1 is 1.33 bits per heavy atom. The van der Waals surface area contributed by atoms with Gasteiger partial charge in [0.1, 0.15) is 11.6 Å². The SMILES string of the molecule is C=CCn1c(=O)c(N2CCC(NC(=O)N[C@@H](C(=O)OCC)C(C)C)CC2)nc2cccnc21. The van der Waals surface area contributed by atoms with Crippen molar-refractivity contribution in [2.45, 2.75) is 52.2 Å². The Kier molecular flexibility index (Phi) is 8.02. The number of carbonyl (C=O) groups excluding carboxylic acids is 2. The first-order valence-electron chi connectivity index (χ1n) is 11.3. The number of rotatable bonds is 8. The van der Waals surface area contributed by atoms with E-state index in [0.717, 1.165) is 0 Å². The van der Waals surface area contributed by atoms with Crippen molar-refractivity contribution in [3.05, 3.63) is 41.3 Å². The molecule has 0 saturated carbocycles. The van der Waals surface area contributed by atoms with Crippen molar-refractivity contribution in [1.29, 1.82) is 0 Å². The molecule has 0 spiro atoms. The normalized spacial score (nSPS) is 15.3.